The number of phenolic OH excluding ortho intramolecular Hbond substituents is 1. The number of phenols is 1. The summed E-state index contributed by atoms with van der Waals surface area (Å²) in [4.78, 5) is 0. The van der Waals surface area contributed by atoms with Crippen LogP contribution in [0.1, 0.15) is 24.1 Å². The third-order valence-electron chi connectivity index (χ3n) is 2.97. The van der Waals surface area contributed by atoms with Gasteiger partial charge in [-0.15, -0.1) is 0 Å². The monoisotopic (exact) mass is 323 g/mol. The molecule has 100 valence electrons. The second-order valence-corrected chi connectivity index (χ2v) is 5.30. The van der Waals surface area contributed by atoms with Crippen molar-refractivity contribution in [3.8, 4) is 5.75 Å². The molecule has 0 aromatic heterocycles. The van der Waals surface area contributed by atoms with Crippen molar-refractivity contribution in [1.82, 2.24) is 5.32 Å². The van der Waals surface area contributed by atoms with Gasteiger partial charge in [0.2, 0.25) is 0 Å². The van der Waals surface area contributed by atoms with Crippen LogP contribution < -0.4 is 5.32 Å². The van der Waals surface area contributed by atoms with Crippen molar-refractivity contribution in [1.29, 1.82) is 0 Å². The minimum absolute atomic E-state index is 0.0586. The first-order valence-corrected chi connectivity index (χ1v) is 6.82. The summed E-state index contributed by atoms with van der Waals surface area (Å²) < 4.78 is 13.8. The summed E-state index contributed by atoms with van der Waals surface area (Å²) >= 11 is 3.28. The van der Waals surface area contributed by atoms with Gasteiger partial charge in [0.05, 0.1) is 4.47 Å². The van der Waals surface area contributed by atoms with Gasteiger partial charge in [0, 0.05) is 12.6 Å². The molecule has 0 aliphatic rings. The van der Waals surface area contributed by atoms with Gasteiger partial charge in [-0.25, -0.2) is 4.39 Å². The first-order chi connectivity index (χ1) is 9.06. The summed E-state index contributed by atoms with van der Waals surface area (Å²) in [6.45, 7) is 2.64. The van der Waals surface area contributed by atoms with Crippen LogP contribution in [0.3, 0.4) is 0 Å². The first kappa shape index (κ1) is 14.0. The zero-order valence-electron chi connectivity index (χ0n) is 10.5. The molecule has 2 rings (SSSR count). The van der Waals surface area contributed by atoms with E-state index in [1.807, 2.05) is 25.1 Å². The molecule has 0 bridgehead atoms. The third-order valence-corrected chi connectivity index (χ3v) is 3.61. The van der Waals surface area contributed by atoms with Crippen LogP contribution in [0.25, 0.3) is 0 Å². The summed E-state index contributed by atoms with van der Waals surface area (Å²) in [5, 5.41) is 12.7. The minimum Gasteiger partial charge on any atom is -0.507 e. The van der Waals surface area contributed by atoms with Crippen molar-refractivity contribution in [3.63, 3.8) is 0 Å². The molecule has 19 heavy (non-hydrogen) atoms. The molecule has 0 amide bonds. The maximum atomic E-state index is 13.1. The van der Waals surface area contributed by atoms with Gasteiger partial charge in [-0.2, -0.15) is 0 Å². The second kappa shape index (κ2) is 6.17. The van der Waals surface area contributed by atoms with Crippen LogP contribution in [0.5, 0.6) is 5.75 Å². The summed E-state index contributed by atoms with van der Waals surface area (Å²) in [7, 11) is 0. The number of hydrogen-bond acceptors (Lipinski definition) is 2. The summed E-state index contributed by atoms with van der Waals surface area (Å²) in [5.41, 5.74) is 1.96. The number of rotatable bonds is 4. The minimum atomic E-state index is -0.224. The number of halogens is 2. The summed E-state index contributed by atoms with van der Waals surface area (Å²) in [6.07, 6.45) is 0. The fourth-order valence-corrected chi connectivity index (χ4v) is 2.25. The van der Waals surface area contributed by atoms with Gasteiger partial charge in [-0.1, -0.05) is 18.2 Å². The van der Waals surface area contributed by atoms with E-state index in [2.05, 4.69) is 21.2 Å². The number of nitrogens with one attached hydrogen (secondary N) is 1. The van der Waals surface area contributed by atoms with Crippen LogP contribution in [0, 0.1) is 5.82 Å². The van der Waals surface area contributed by atoms with Crippen molar-refractivity contribution >= 4 is 15.9 Å². The Hall–Kier alpha value is -1.39. The molecule has 2 aromatic rings. The second-order valence-electron chi connectivity index (χ2n) is 4.44. The average Bonchev–Trinajstić information content (AvgIpc) is 2.40. The van der Waals surface area contributed by atoms with Gasteiger partial charge in [0.1, 0.15) is 11.6 Å². The van der Waals surface area contributed by atoms with E-state index in [1.165, 1.54) is 12.1 Å². The Bertz CT molecular complexity index is 574. The van der Waals surface area contributed by atoms with E-state index in [0.717, 1.165) is 11.1 Å². The van der Waals surface area contributed by atoms with Gasteiger partial charge < -0.3 is 10.4 Å². The zero-order chi connectivity index (χ0) is 13.8. The van der Waals surface area contributed by atoms with Crippen LogP contribution in [0.15, 0.2) is 46.9 Å². The molecule has 0 saturated heterocycles. The van der Waals surface area contributed by atoms with Gasteiger partial charge in [-0.05, 0) is 58.2 Å². The predicted molar refractivity (Wildman–Crippen MR) is 77.5 cm³/mol. The Kier molecular flexibility index (Phi) is 4.56. The molecule has 0 fully saturated rings. The van der Waals surface area contributed by atoms with Gasteiger partial charge in [-0.3, -0.25) is 0 Å². The van der Waals surface area contributed by atoms with Crippen molar-refractivity contribution < 1.29 is 9.50 Å². The highest BCUT2D eigenvalue weighted by molar-refractivity contribution is 9.10. The van der Waals surface area contributed by atoms with Gasteiger partial charge in [0.15, 0.2) is 0 Å². The molecular formula is C15H15BrFNO. The van der Waals surface area contributed by atoms with E-state index in [4.69, 9.17) is 0 Å². The lowest BCUT2D eigenvalue weighted by atomic mass is 10.1. The quantitative estimate of drug-likeness (QED) is 0.886. The van der Waals surface area contributed by atoms with Crippen molar-refractivity contribution in [3.05, 3.63) is 63.9 Å². The van der Waals surface area contributed by atoms with Crippen molar-refractivity contribution in [2.75, 3.05) is 0 Å². The maximum absolute atomic E-state index is 13.1. The molecule has 0 radical (unpaired) electrons. The highest BCUT2D eigenvalue weighted by atomic mass is 79.9. The van der Waals surface area contributed by atoms with Gasteiger partial charge in [0.25, 0.3) is 0 Å². The summed E-state index contributed by atoms with van der Waals surface area (Å²) in [6, 6.07) is 12.0. The average molecular weight is 324 g/mol. The topological polar surface area (TPSA) is 32.3 Å². The lowest BCUT2D eigenvalue weighted by Crippen LogP contribution is -2.18. The molecule has 0 saturated carbocycles. The fraction of sp³-hybridized carbons (Fsp3) is 0.200. The molecule has 2 N–H and O–H groups in total. The highest BCUT2D eigenvalue weighted by Crippen LogP contribution is 2.24. The number of hydrogen-bond donors (Lipinski definition) is 2. The third kappa shape index (κ3) is 3.78. The standard InChI is InChI=1S/C15H15BrFNO/c1-10(12-3-2-4-13(17)8-12)18-9-11-5-6-15(19)14(16)7-11/h2-8,10,18-19H,9H2,1H3/t10-/m0/s1. The molecule has 0 heterocycles. The largest absolute Gasteiger partial charge is 0.507 e. The number of aromatic hydroxyl groups is 1. The predicted octanol–water partition coefficient (Wildman–Crippen LogP) is 4.14. The van der Waals surface area contributed by atoms with Crippen molar-refractivity contribution in [2.24, 2.45) is 0 Å². The smallest absolute Gasteiger partial charge is 0.129 e. The molecule has 1 atom stereocenters. The molecule has 2 nitrogen and oxygen atoms in total. The molecule has 0 spiro atoms. The molecule has 0 aliphatic carbocycles. The van der Waals surface area contributed by atoms with Gasteiger partial charge >= 0.3 is 0 Å². The van der Waals surface area contributed by atoms with E-state index in [-0.39, 0.29) is 17.6 Å². The Morgan fingerprint density at radius 3 is 2.74 bits per heavy atom. The van der Waals surface area contributed by atoms with E-state index in [0.29, 0.717) is 11.0 Å². The number of benzene rings is 2. The van der Waals surface area contributed by atoms with Crippen LogP contribution in [-0.2, 0) is 6.54 Å². The van der Waals surface area contributed by atoms with E-state index in [1.54, 1.807) is 12.1 Å². The molecule has 0 aliphatic heterocycles. The molecule has 2 aromatic carbocycles. The lowest BCUT2D eigenvalue weighted by Gasteiger charge is -2.14. The fourth-order valence-electron chi connectivity index (χ4n) is 1.83. The Morgan fingerprint density at radius 2 is 2.05 bits per heavy atom. The van der Waals surface area contributed by atoms with E-state index >= 15 is 0 Å². The first-order valence-electron chi connectivity index (χ1n) is 6.02. The maximum Gasteiger partial charge on any atom is 0.129 e. The Balaban J connectivity index is 2.00. The SMILES string of the molecule is C[C@H](NCc1ccc(O)c(Br)c1)c1cccc(F)c1. The zero-order valence-corrected chi connectivity index (χ0v) is 12.1. The van der Waals surface area contributed by atoms with E-state index < -0.39 is 0 Å². The Morgan fingerprint density at radius 1 is 1.26 bits per heavy atom. The van der Waals surface area contributed by atoms with Crippen LogP contribution in [-0.4, -0.2) is 5.11 Å². The van der Waals surface area contributed by atoms with E-state index in [9.17, 15) is 9.50 Å². The highest BCUT2D eigenvalue weighted by Gasteiger charge is 2.06. The summed E-state index contributed by atoms with van der Waals surface area (Å²) in [5.74, 6) is 0.000423. The van der Waals surface area contributed by atoms with Crippen LogP contribution in [0.4, 0.5) is 4.39 Å². The van der Waals surface area contributed by atoms with Crippen molar-refractivity contribution in [2.45, 2.75) is 19.5 Å². The van der Waals surface area contributed by atoms with Crippen LogP contribution in [0.2, 0.25) is 0 Å². The lowest BCUT2D eigenvalue weighted by molar-refractivity contribution is 0.471. The molecular weight excluding hydrogens is 309 g/mol. The normalized spacial score (nSPS) is 12.4. The van der Waals surface area contributed by atoms with Crippen LogP contribution >= 0.6 is 15.9 Å². The molecule has 4 heteroatoms. The molecule has 0 unspecified atom stereocenters. The Labute approximate surface area is 120 Å².